The van der Waals surface area contributed by atoms with E-state index in [1.807, 2.05) is 18.2 Å². The van der Waals surface area contributed by atoms with E-state index in [1.165, 1.54) is 0 Å². The maximum Gasteiger partial charge on any atom is 0.323 e. The van der Waals surface area contributed by atoms with Crippen LogP contribution in [-0.4, -0.2) is 54.4 Å². The molecule has 1 fully saturated rings. The molecule has 0 spiro atoms. The Morgan fingerprint density at radius 3 is 2.48 bits per heavy atom. The van der Waals surface area contributed by atoms with Crippen LogP contribution in [-0.2, 0) is 0 Å². The number of hydrogen-bond acceptors (Lipinski definition) is 5. The van der Waals surface area contributed by atoms with Crippen LogP contribution in [0.25, 0.3) is 11.3 Å². The Morgan fingerprint density at radius 2 is 1.74 bits per heavy atom. The van der Waals surface area contributed by atoms with E-state index in [4.69, 9.17) is 0 Å². The molecule has 0 radical (unpaired) electrons. The number of benzene rings is 2. The summed E-state index contributed by atoms with van der Waals surface area (Å²) in [5.74, 6) is -0.527. The Kier molecular flexibility index (Phi) is 6.03. The third-order valence-corrected chi connectivity index (χ3v) is 5.07. The van der Waals surface area contributed by atoms with Crippen molar-refractivity contribution in [1.82, 2.24) is 15.1 Å². The normalized spacial score (nSPS) is 14.4. The van der Waals surface area contributed by atoms with Crippen LogP contribution in [0.4, 0.5) is 30.8 Å². The van der Waals surface area contributed by atoms with Gasteiger partial charge in [0.05, 0.1) is 11.4 Å². The van der Waals surface area contributed by atoms with Gasteiger partial charge in [-0.05, 0) is 43.4 Å². The lowest BCUT2D eigenvalue weighted by atomic mass is 10.1. The zero-order valence-electron chi connectivity index (χ0n) is 17.0. The number of carbonyl (C=O) groups is 1. The number of piperazine rings is 1. The predicted molar refractivity (Wildman–Crippen MR) is 116 cm³/mol. The van der Waals surface area contributed by atoms with E-state index in [1.54, 1.807) is 18.2 Å². The van der Waals surface area contributed by atoms with Gasteiger partial charge in [-0.3, -0.25) is 0 Å². The van der Waals surface area contributed by atoms with Crippen LogP contribution in [0.3, 0.4) is 0 Å². The Bertz CT molecular complexity index is 1070. The fourth-order valence-corrected chi connectivity index (χ4v) is 3.32. The third kappa shape index (κ3) is 5.13. The van der Waals surface area contributed by atoms with E-state index in [0.29, 0.717) is 11.4 Å². The molecule has 1 aliphatic rings. The summed E-state index contributed by atoms with van der Waals surface area (Å²) in [5.41, 5.74) is 1.68. The van der Waals surface area contributed by atoms with Crippen LogP contribution in [0, 0.1) is 11.6 Å². The van der Waals surface area contributed by atoms with Gasteiger partial charge in [-0.1, -0.05) is 12.1 Å². The van der Waals surface area contributed by atoms with E-state index in [9.17, 15) is 13.6 Å². The largest absolute Gasteiger partial charge is 0.353 e. The highest BCUT2D eigenvalue weighted by Gasteiger charge is 2.16. The van der Waals surface area contributed by atoms with Crippen molar-refractivity contribution in [1.29, 1.82) is 0 Å². The monoisotopic (exact) mass is 424 g/mol. The minimum Gasteiger partial charge on any atom is -0.353 e. The van der Waals surface area contributed by atoms with Gasteiger partial charge in [0.2, 0.25) is 0 Å². The number of amides is 2. The number of urea groups is 1. The number of aromatic nitrogens is 2. The number of halogens is 2. The van der Waals surface area contributed by atoms with Gasteiger partial charge in [0, 0.05) is 43.5 Å². The van der Waals surface area contributed by atoms with Crippen LogP contribution in [0.15, 0.2) is 54.6 Å². The minimum atomic E-state index is -0.721. The van der Waals surface area contributed by atoms with Crippen molar-refractivity contribution in [3.63, 3.8) is 0 Å². The number of anilines is 3. The van der Waals surface area contributed by atoms with E-state index in [0.717, 1.165) is 55.8 Å². The van der Waals surface area contributed by atoms with Gasteiger partial charge in [-0.2, -0.15) is 0 Å². The molecule has 1 aromatic heterocycles. The highest BCUT2D eigenvalue weighted by molar-refractivity contribution is 6.00. The first-order valence-electron chi connectivity index (χ1n) is 9.89. The molecule has 2 aromatic carbocycles. The van der Waals surface area contributed by atoms with Crippen LogP contribution in [0.1, 0.15) is 0 Å². The molecule has 2 N–H and O–H groups in total. The lowest BCUT2D eigenvalue weighted by Gasteiger charge is -2.32. The topological polar surface area (TPSA) is 73.4 Å². The molecule has 0 atom stereocenters. The van der Waals surface area contributed by atoms with Crippen molar-refractivity contribution < 1.29 is 13.6 Å². The number of carbonyl (C=O) groups excluding carboxylic acids is 1. The summed E-state index contributed by atoms with van der Waals surface area (Å²) in [6, 6.07) is 13.1. The molecule has 1 aliphatic heterocycles. The van der Waals surface area contributed by atoms with E-state index < -0.39 is 17.7 Å². The van der Waals surface area contributed by atoms with Gasteiger partial charge in [0.25, 0.3) is 0 Å². The molecule has 31 heavy (non-hydrogen) atoms. The molecule has 2 amide bonds. The molecule has 0 aliphatic carbocycles. The zero-order valence-corrected chi connectivity index (χ0v) is 17.0. The van der Waals surface area contributed by atoms with Gasteiger partial charge in [-0.25, -0.2) is 13.6 Å². The molecule has 3 aromatic rings. The van der Waals surface area contributed by atoms with Crippen molar-refractivity contribution >= 4 is 23.2 Å². The van der Waals surface area contributed by atoms with Gasteiger partial charge in [0.1, 0.15) is 11.6 Å². The standard InChI is InChI=1S/C22H22F2N6O/c1-29-9-11-30(12-10-29)21-8-7-19(27-28-21)15-3-2-4-17(13-15)25-22(31)26-20-14-16(23)5-6-18(20)24/h2-8,13-14H,9-12H2,1H3,(H2,25,26,31). The van der Waals surface area contributed by atoms with Crippen molar-refractivity contribution in [2.45, 2.75) is 0 Å². The van der Waals surface area contributed by atoms with Crippen LogP contribution < -0.4 is 15.5 Å². The van der Waals surface area contributed by atoms with Crippen molar-refractivity contribution in [3.8, 4) is 11.3 Å². The summed E-state index contributed by atoms with van der Waals surface area (Å²) in [7, 11) is 2.10. The van der Waals surface area contributed by atoms with Crippen LogP contribution >= 0.6 is 0 Å². The number of rotatable bonds is 4. The number of nitrogens with zero attached hydrogens (tertiary/aromatic N) is 4. The summed E-state index contributed by atoms with van der Waals surface area (Å²) >= 11 is 0. The average molecular weight is 424 g/mol. The molecule has 2 heterocycles. The quantitative estimate of drug-likeness (QED) is 0.666. The SMILES string of the molecule is CN1CCN(c2ccc(-c3cccc(NC(=O)Nc4cc(F)ccc4F)c3)nn2)CC1. The number of nitrogens with one attached hydrogen (secondary N) is 2. The van der Waals surface area contributed by atoms with E-state index in [-0.39, 0.29) is 5.69 Å². The minimum absolute atomic E-state index is 0.237. The van der Waals surface area contributed by atoms with Crippen LogP contribution in [0.5, 0.6) is 0 Å². The zero-order chi connectivity index (χ0) is 21.8. The first-order valence-corrected chi connectivity index (χ1v) is 9.89. The average Bonchev–Trinajstić information content (AvgIpc) is 2.77. The Hall–Kier alpha value is -3.59. The van der Waals surface area contributed by atoms with Crippen molar-refractivity contribution in [2.24, 2.45) is 0 Å². The molecular formula is C22H22F2N6O. The van der Waals surface area contributed by atoms with Crippen molar-refractivity contribution in [3.05, 3.63) is 66.2 Å². The number of likely N-dealkylation sites (N-methyl/N-ethyl adjacent to an activating group) is 1. The second-order valence-electron chi connectivity index (χ2n) is 7.35. The Morgan fingerprint density at radius 1 is 0.935 bits per heavy atom. The van der Waals surface area contributed by atoms with Crippen molar-refractivity contribution in [2.75, 3.05) is 48.8 Å². The maximum absolute atomic E-state index is 13.7. The second-order valence-corrected chi connectivity index (χ2v) is 7.35. The first-order chi connectivity index (χ1) is 15.0. The number of hydrogen-bond donors (Lipinski definition) is 2. The molecule has 0 unspecified atom stereocenters. The summed E-state index contributed by atoms with van der Waals surface area (Å²) in [6.45, 7) is 3.79. The van der Waals surface area contributed by atoms with Gasteiger partial charge in [0.15, 0.2) is 5.82 Å². The molecule has 0 saturated carbocycles. The summed E-state index contributed by atoms with van der Waals surface area (Å²) in [6.07, 6.45) is 0. The molecule has 7 nitrogen and oxygen atoms in total. The molecule has 0 bridgehead atoms. The molecule has 160 valence electrons. The second kappa shape index (κ2) is 9.05. The van der Waals surface area contributed by atoms with Gasteiger partial charge in [-0.15, -0.1) is 10.2 Å². The molecule has 4 rings (SSSR count). The summed E-state index contributed by atoms with van der Waals surface area (Å²) in [4.78, 5) is 16.7. The van der Waals surface area contributed by atoms with Crippen LogP contribution in [0.2, 0.25) is 0 Å². The van der Waals surface area contributed by atoms with Gasteiger partial charge < -0.3 is 20.4 Å². The van der Waals surface area contributed by atoms with E-state index >= 15 is 0 Å². The molecule has 1 saturated heterocycles. The highest BCUT2D eigenvalue weighted by atomic mass is 19.1. The third-order valence-electron chi connectivity index (χ3n) is 5.07. The Labute approximate surface area is 178 Å². The fraction of sp³-hybridized carbons (Fsp3) is 0.227. The maximum atomic E-state index is 13.7. The Balaban J connectivity index is 1.43. The fourth-order valence-electron chi connectivity index (χ4n) is 3.32. The van der Waals surface area contributed by atoms with E-state index in [2.05, 4.69) is 37.7 Å². The summed E-state index contributed by atoms with van der Waals surface area (Å²) < 4.78 is 27.0. The predicted octanol–water partition coefficient (Wildman–Crippen LogP) is 3.82. The van der Waals surface area contributed by atoms with Gasteiger partial charge >= 0.3 is 6.03 Å². The highest BCUT2D eigenvalue weighted by Crippen LogP contribution is 2.23. The lowest BCUT2D eigenvalue weighted by Crippen LogP contribution is -2.44. The molecule has 9 heteroatoms. The lowest BCUT2D eigenvalue weighted by molar-refractivity contribution is 0.262. The summed E-state index contributed by atoms with van der Waals surface area (Å²) in [5, 5.41) is 13.6. The smallest absolute Gasteiger partial charge is 0.323 e. The first kappa shape index (κ1) is 20.7. The molecular weight excluding hydrogens is 402 g/mol.